The Morgan fingerprint density at radius 2 is 2.37 bits per heavy atom. The van der Waals surface area contributed by atoms with Crippen molar-refractivity contribution in [2.24, 2.45) is 7.05 Å². The number of imidazole rings is 1. The minimum Gasteiger partial charge on any atom is -0.330 e. The normalized spacial score (nSPS) is 22.7. The summed E-state index contributed by atoms with van der Waals surface area (Å²) < 4.78 is 25.2. The number of aromatic nitrogens is 3. The van der Waals surface area contributed by atoms with Gasteiger partial charge in [-0.15, -0.1) is 0 Å². The molecule has 102 valence electrons. The van der Waals surface area contributed by atoms with Gasteiger partial charge in [-0.25, -0.2) is 18.4 Å². The zero-order valence-electron chi connectivity index (χ0n) is 10.7. The van der Waals surface area contributed by atoms with E-state index in [1.165, 1.54) is 0 Å². The molecular weight excluding hydrogens is 264 g/mol. The van der Waals surface area contributed by atoms with E-state index >= 15 is 0 Å². The lowest BCUT2D eigenvalue weighted by Gasteiger charge is -2.23. The molecule has 1 atom stereocenters. The van der Waals surface area contributed by atoms with Gasteiger partial charge in [0.05, 0.1) is 17.0 Å². The van der Waals surface area contributed by atoms with Gasteiger partial charge in [0.2, 0.25) is 0 Å². The third kappa shape index (κ3) is 2.48. The highest BCUT2D eigenvalue weighted by atomic mass is 32.2. The number of aryl methyl sites for hydroxylation is 1. The van der Waals surface area contributed by atoms with Crippen molar-refractivity contribution < 1.29 is 8.42 Å². The van der Waals surface area contributed by atoms with Crippen LogP contribution in [0.2, 0.25) is 0 Å². The van der Waals surface area contributed by atoms with Gasteiger partial charge in [-0.1, -0.05) is 0 Å². The van der Waals surface area contributed by atoms with E-state index in [0.29, 0.717) is 18.6 Å². The Balaban J connectivity index is 1.87. The lowest BCUT2D eigenvalue weighted by Crippen LogP contribution is -2.46. The fourth-order valence-corrected chi connectivity index (χ4v) is 3.92. The van der Waals surface area contributed by atoms with Gasteiger partial charge in [0.15, 0.2) is 15.5 Å². The van der Waals surface area contributed by atoms with E-state index in [1.54, 1.807) is 6.20 Å². The third-order valence-electron chi connectivity index (χ3n) is 3.48. The Morgan fingerprint density at radius 1 is 1.53 bits per heavy atom. The van der Waals surface area contributed by atoms with Crippen LogP contribution in [0.4, 0.5) is 0 Å². The second-order valence-electron chi connectivity index (χ2n) is 4.90. The third-order valence-corrected chi connectivity index (χ3v) is 5.22. The van der Waals surface area contributed by atoms with Gasteiger partial charge in [0.1, 0.15) is 5.82 Å². The standard InChI is InChI=1S/C12H16N4O2S/c1-16-10-3-2-4-14-12(10)15-11(16)7-9-8-19(17,18)6-5-13-9/h2-4,9,13H,5-8H2,1H3. The van der Waals surface area contributed by atoms with Crippen LogP contribution in [0.5, 0.6) is 0 Å². The summed E-state index contributed by atoms with van der Waals surface area (Å²) in [6, 6.07) is 3.77. The fourth-order valence-electron chi connectivity index (χ4n) is 2.47. The minimum absolute atomic E-state index is 0.0609. The number of sulfone groups is 1. The molecule has 2 aromatic rings. The van der Waals surface area contributed by atoms with Crippen molar-refractivity contribution in [1.82, 2.24) is 19.9 Å². The Hall–Kier alpha value is -1.47. The number of nitrogens with one attached hydrogen (secondary N) is 1. The van der Waals surface area contributed by atoms with Gasteiger partial charge in [-0.3, -0.25) is 0 Å². The summed E-state index contributed by atoms with van der Waals surface area (Å²) in [5, 5.41) is 3.24. The van der Waals surface area contributed by atoms with Crippen LogP contribution in [-0.4, -0.2) is 47.0 Å². The number of nitrogens with zero attached hydrogens (tertiary/aromatic N) is 3. The van der Waals surface area contributed by atoms with Crippen molar-refractivity contribution in [3.63, 3.8) is 0 Å². The molecule has 7 heteroatoms. The van der Waals surface area contributed by atoms with E-state index in [0.717, 1.165) is 11.3 Å². The van der Waals surface area contributed by atoms with E-state index in [9.17, 15) is 8.42 Å². The lowest BCUT2D eigenvalue weighted by atomic mass is 10.2. The second-order valence-corrected chi connectivity index (χ2v) is 7.13. The summed E-state index contributed by atoms with van der Waals surface area (Å²) in [5.74, 6) is 1.28. The van der Waals surface area contributed by atoms with Crippen molar-refractivity contribution in [3.8, 4) is 0 Å². The summed E-state index contributed by atoms with van der Waals surface area (Å²) in [6.45, 7) is 0.523. The molecule has 3 heterocycles. The van der Waals surface area contributed by atoms with Crippen LogP contribution < -0.4 is 5.32 Å². The zero-order chi connectivity index (χ0) is 13.5. The highest BCUT2D eigenvalue weighted by Crippen LogP contribution is 2.14. The molecule has 0 spiro atoms. The maximum atomic E-state index is 11.6. The number of hydrogen-bond donors (Lipinski definition) is 1. The molecule has 0 aliphatic carbocycles. The van der Waals surface area contributed by atoms with E-state index in [-0.39, 0.29) is 17.5 Å². The second kappa shape index (κ2) is 4.57. The quantitative estimate of drug-likeness (QED) is 0.831. The van der Waals surface area contributed by atoms with Crippen molar-refractivity contribution in [1.29, 1.82) is 0 Å². The molecule has 6 nitrogen and oxygen atoms in total. The average Bonchev–Trinajstić information content (AvgIpc) is 2.66. The fraction of sp³-hybridized carbons (Fsp3) is 0.500. The SMILES string of the molecule is Cn1c(CC2CS(=O)(=O)CCN2)nc2ncccc21. The van der Waals surface area contributed by atoms with E-state index < -0.39 is 9.84 Å². The van der Waals surface area contributed by atoms with Crippen LogP contribution >= 0.6 is 0 Å². The van der Waals surface area contributed by atoms with Crippen molar-refractivity contribution in [3.05, 3.63) is 24.2 Å². The molecule has 19 heavy (non-hydrogen) atoms. The zero-order valence-corrected chi connectivity index (χ0v) is 11.5. The topological polar surface area (TPSA) is 76.9 Å². The lowest BCUT2D eigenvalue weighted by molar-refractivity contribution is 0.505. The van der Waals surface area contributed by atoms with Gasteiger partial charge in [-0.05, 0) is 12.1 Å². The van der Waals surface area contributed by atoms with Crippen LogP contribution in [0, 0.1) is 0 Å². The van der Waals surface area contributed by atoms with Crippen molar-refractivity contribution >= 4 is 21.0 Å². The van der Waals surface area contributed by atoms with Crippen LogP contribution in [-0.2, 0) is 23.3 Å². The number of pyridine rings is 1. The average molecular weight is 280 g/mol. The largest absolute Gasteiger partial charge is 0.330 e. The number of fused-ring (bicyclic) bond motifs is 1. The first-order valence-electron chi connectivity index (χ1n) is 6.25. The Kier molecular flexibility index (Phi) is 3.02. The molecule has 0 amide bonds. The first-order valence-corrected chi connectivity index (χ1v) is 8.07. The monoisotopic (exact) mass is 280 g/mol. The maximum absolute atomic E-state index is 11.6. The molecule has 0 radical (unpaired) electrons. The minimum atomic E-state index is -2.91. The van der Waals surface area contributed by atoms with Crippen LogP contribution in [0.1, 0.15) is 5.82 Å². The first kappa shape index (κ1) is 12.6. The molecule has 1 fully saturated rings. The molecule has 1 N–H and O–H groups in total. The highest BCUT2D eigenvalue weighted by molar-refractivity contribution is 7.91. The molecule has 1 aliphatic heterocycles. The molecule has 0 aromatic carbocycles. The van der Waals surface area contributed by atoms with Crippen molar-refractivity contribution in [2.45, 2.75) is 12.5 Å². The molecule has 1 aliphatic rings. The predicted octanol–water partition coefficient (Wildman–Crippen LogP) is -0.103. The molecule has 2 aromatic heterocycles. The molecule has 3 rings (SSSR count). The summed E-state index contributed by atoms with van der Waals surface area (Å²) >= 11 is 0. The van der Waals surface area contributed by atoms with Gasteiger partial charge in [0.25, 0.3) is 0 Å². The Bertz CT molecular complexity index is 708. The summed E-state index contributed by atoms with van der Waals surface area (Å²) in [5.41, 5.74) is 1.68. The van der Waals surface area contributed by atoms with Gasteiger partial charge in [-0.2, -0.15) is 0 Å². The van der Waals surface area contributed by atoms with Gasteiger partial charge < -0.3 is 9.88 Å². The molecule has 1 unspecified atom stereocenters. The maximum Gasteiger partial charge on any atom is 0.177 e. The Labute approximate surface area is 111 Å². The smallest absolute Gasteiger partial charge is 0.177 e. The van der Waals surface area contributed by atoms with Crippen LogP contribution in [0.15, 0.2) is 18.3 Å². The summed E-state index contributed by atoms with van der Waals surface area (Å²) in [7, 11) is -0.976. The molecule has 1 saturated heterocycles. The molecule has 0 saturated carbocycles. The molecular formula is C12H16N4O2S. The van der Waals surface area contributed by atoms with E-state index in [4.69, 9.17) is 0 Å². The summed E-state index contributed by atoms with van der Waals surface area (Å²) in [4.78, 5) is 8.68. The first-order chi connectivity index (χ1) is 9.05. The van der Waals surface area contributed by atoms with E-state index in [2.05, 4.69) is 15.3 Å². The highest BCUT2D eigenvalue weighted by Gasteiger charge is 2.25. The van der Waals surface area contributed by atoms with Crippen LogP contribution in [0.25, 0.3) is 11.2 Å². The van der Waals surface area contributed by atoms with E-state index in [1.807, 2.05) is 23.7 Å². The summed E-state index contributed by atoms with van der Waals surface area (Å²) in [6.07, 6.45) is 2.31. The predicted molar refractivity (Wildman–Crippen MR) is 72.7 cm³/mol. The number of hydrogen-bond acceptors (Lipinski definition) is 5. The van der Waals surface area contributed by atoms with Gasteiger partial charge in [0, 0.05) is 32.3 Å². The Morgan fingerprint density at radius 3 is 3.11 bits per heavy atom. The van der Waals surface area contributed by atoms with Gasteiger partial charge >= 0.3 is 0 Å². The van der Waals surface area contributed by atoms with Crippen molar-refractivity contribution in [2.75, 3.05) is 18.1 Å². The molecule has 0 bridgehead atoms. The van der Waals surface area contributed by atoms with Crippen LogP contribution in [0.3, 0.4) is 0 Å². The number of rotatable bonds is 2.